The number of hydrogen-bond donors (Lipinski definition) is 2. The van der Waals surface area contributed by atoms with Crippen molar-refractivity contribution in [2.24, 2.45) is 5.73 Å². The van der Waals surface area contributed by atoms with Gasteiger partial charge in [-0.1, -0.05) is 19.1 Å². The van der Waals surface area contributed by atoms with Gasteiger partial charge in [0.15, 0.2) is 0 Å². The monoisotopic (exact) mass is 196 g/mol. The third kappa shape index (κ3) is 2.84. The van der Waals surface area contributed by atoms with Crippen LogP contribution in [-0.4, -0.2) is 17.5 Å². The largest absolute Gasteiger partial charge is 0.351 e. The van der Waals surface area contributed by atoms with Gasteiger partial charge in [-0.3, -0.25) is 4.79 Å². The average Bonchev–Trinajstić information content (AvgIpc) is 2.19. The highest BCUT2D eigenvalue weighted by Crippen LogP contribution is 2.12. The third-order valence-corrected chi connectivity index (χ3v) is 2.86. The van der Waals surface area contributed by atoms with Crippen molar-refractivity contribution in [2.45, 2.75) is 51.1 Å². The van der Waals surface area contributed by atoms with Crippen molar-refractivity contribution in [3.63, 3.8) is 0 Å². The summed E-state index contributed by atoms with van der Waals surface area (Å²) in [4.78, 5) is 11.7. The zero-order valence-electron chi connectivity index (χ0n) is 9.05. The van der Waals surface area contributed by atoms with Crippen LogP contribution in [0.4, 0.5) is 0 Å². The van der Waals surface area contributed by atoms with E-state index in [4.69, 9.17) is 5.73 Å². The van der Waals surface area contributed by atoms with Gasteiger partial charge >= 0.3 is 0 Å². The Morgan fingerprint density at radius 1 is 1.64 bits per heavy atom. The van der Waals surface area contributed by atoms with Crippen molar-refractivity contribution in [2.75, 3.05) is 0 Å². The molecule has 0 saturated carbocycles. The first-order valence-corrected chi connectivity index (χ1v) is 5.31. The molecule has 3 N–H and O–H groups in total. The fourth-order valence-electron chi connectivity index (χ4n) is 1.44. The van der Waals surface area contributed by atoms with Crippen molar-refractivity contribution in [3.8, 4) is 0 Å². The first-order chi connectivity index (χ1) is 6.56. The van der Waals surface area contributed by atoms with Gasteiger partial charge in [0.2, 0.25) is 5.91 Å². The van der Waals surface area contributed by atoms with Crippen molar-refractivity contribution in [1.29, 1.82) is 0 Å². The summed E-state index contributed by atoms with van der Waals surface area (Å²) in [6, 6.07) is 0.280. The Morgan fingerprint density at radius 2 is 2.36 bits per heavy atom. The number of rotatable bonds is 3. The Hall–Kier alpha value is -0.830. The number of allylic oxidation sites excluding steroid dienone is 1. The predicted octanol–water partition coefficient (Wildman–Crippen LogP) is 1.34. The molecule has 0 aromatic heterocycles. The number of carbonyl (C=O) groups excluding carboxylic acids is 1. The molecule has 3 nitrogen and oxygen atoms in total. The zero-order valence-corrected chi connectivity index (χ0v) is 9.05. The van der Waals surface area contributed by atoms with Gasteiger partial charge in [-0.15, -0.1) is 0 Å². The SMILES string of the molecule is CCC(C)(N)C(=O)NC1CC=CCC1. The minimum atomic E-state index is -0.721. The van der Waals surface area contributed by atoms with Gasteiger partial charge in [-0.25, -0.2) is 0 Å². The maximum atomic E-state index is 11.7. The lowest BCUT2D eigenvalue weighted by Gasteiger charge is -2.26. The fourth-order valence-corrected chi connectivity index (χ4v) is 1.44. The summed E-state index contributed by atoms with van der Waals surface area (Å²) in [5.41, 5.74) is 5.13. The summed E-state index contributed by atoms with van der Waals surface area (Å²) in [5.74, 6) is -0.0275. The van der Waals surface area contributed by atoms with Crippen LogP contribution in [0.3, 0.4) is 0 Å². The van der Waals surface area contributed by atoms with Gasteiger partial charge in [0.25, 0.3) is 0 Å². The molecule has 0 radical (unpaired) electrons. The lowest BCUT2D eigenvalue weighted by atomic mass is 9.96. The Bertz CT molecular complexity index is 233. The molecule has 0 fully saturated rings. The first-order valence-electron chi connectivity index (χ1n) is 5.31. The van der Waals surface area contributed by atoms with Gasteiger partial charge in [-0.2, -0.15) is 0 Å². The average molecular weight is 196 g/mol. The summed E-state index contributed by atoms with van der Waals surface area (Å²) in [7, 11) is 0. The van der Waals surface area contributed by atoms with E-state index in [1.807, 2.05) is 6.92 Å². The van der Waals surface area contributed by atoms with E-state index in [0.29, 0.717) is 6.42 Å². The summed E-state index contributed by atoms with van der Waals surface area (Å²) >= 11 is 0. The molecule has 0 saturated heterocycles. The van der Waals surface area contributed by atoms with Crippen LogP contribution in [0.1, 0.15) is 39.5 Å². The van der Waals surface area contributed by atoms with Crippen LogP contribution in [0.5, 0.6) is 0 Å². The standard InChI is InChI=1S/C11H20N2O/c1-3-11(2,12)10(14)13-9-7-5-4-6-8-9/h4-5,9H,3,6-8,12H2,1-2H3,(H,13,14). The van der Waals surface area contributed by atoms with Crippen molar-refractivity contribution in [3.05, 3.63) is 12.2 Å². The molecule has 3 heteroatoms. The van der Waals surface area contributed by atoms with E-state index < -0.39 is 5.54 Å². The molecule has 1 amide bonds. The molecule has 0 heterocycles. The second-order valence-electron chi connectivity index (χ2n) is 4.23. The van der Waals surface area contributed by atoms with Gasteiger partial charge in [-0.05, 0) is 32.6 Å². The Labute approximate surface area is 85.7 Å². The topological polar surface area (TPSA) is 55.1 Å². The molecule has 0 bridgehead atoms. The highest BCUT2D eigenvalue weighted by molar-refractivity contribution is 5.85. The molecule has 2 unspecified atom stereocenters. The van der Waals surface area contributed by atoms with E-state index in [1.165, 1.54) is 0 Å². The van der Waals surface area contributed by atoms with Crippen molar-refractivity contribution in [1.82, 2.24) is 5.32 Å². The maximum Gasteiger partial charge on any atom is 0.240 e. The molecule has 1 aliphatic carbocycles. The van der Waals surface area contributed by atoms with E-state index in [2.05, 4.69) is 17.5 Å². The summed E-state index contributed by atoms with van der Waals surface area (Å²) in [5, 5.41) is 2.99. The second kappa shape index (κ2) is 4.60. The summed E-state index contributed by atoms with van der Waals surface area (Å²) < 4.78 is 0. The van der Waals surface area contributed by atoms with Gasteiger partial charge in [0.05, 0.1) is 5.54 Å². The van der Waals surface area contributed by atoms with Crippen LogP contribution in [0.2, 0.25) is 0 Å². The lowest BCUT2D eigenvalue weighted by molar-refractivity contribution is -0.126. The van der Waals surface area contributed by atoms with Crippen molar-refractivity contribution < 1.29 is 4.79 Å². The van der Waals surface area contributed by atoms with Crippen LogP contribution in [0, 0.1) is 0 Å². The van der Waals surface area contributed by atoms with E-state index in [9.17, 15) is 4.79 Å². The fraction of sp³-hybridized carbons (Fsp3) is 0.727. The second-order valence-corrected chi connectivity index (χ2v) is 4.23. The number of amides is 1. The van der Waals surface area contributed by atoms with Crippen LogP contribution >= 0.6 is 0 Å². The minimum Gasteiger partial charge on any atom is -0.351 e. The number of nitrogens with two attached hydrogens (primary N) is 1. The van der Waals surface area contributed by atoms with Gasteiger partial charge in [0, 0.05) is 6.04 Å². The number of hydrogen-bond acceptors (Lipinski definition) is 2. The van der Waals surface area contributed by atoms with Crippen LogP contribution < -0.4 is 11.1 Å². The highest BCUT2D eigenvalue weighted by atomic mass is 16.2. The lowest BCUT2D eigenvalue weighted by Crippen LogP contribution is -2.53. The first kappa shape index (κ1) is 11.2. The normalized spacial score (nSPS) is 25.5. The van der Waals surface area contributed by atoms with Crippen LogP contribution in [0.25, 0.3) is 0 Å². The molecule has 0 spiro atoms. The smallest absolute Gasteiger partial charge is 0.240 e. The molecule has 2 atom stereocenters. The molecular formula is C11H20N2O. The third-order valence-electron chi connectivity index (χ3n) is 2.86. The van der Waals surface area contributed by atoms with E-state index >= 15 is 0 Å². The molecule has 14 heavy (non-hydrogen) atoms. The summed E-state index contributed by atoms with van der Waals surface area (Å²) in [6.45, 7) is 3.71. The molecule has 1 aliphatic rings. The molecule has 80 valence electrons. The molecule has 0 aromatic carbocycles. The minimum absolute atomic E-state index is 0.0275. The Kier molecular flexibility index (Phi) is 3.69. The van der Waals surface area contributed by atoms with E-state index in [0.717, 1.165) is 19.3 Å². The van der Waals surface area contributed by atoms with E-state index in [1.54, 1.807) is 6.92 Å². The number of nitrogens with one attached hydrogen (secondary N) is 1. The molecular weight excluding hydrogens is 176 g/mol. The Morgan fingerprint density at radius 3 is 2.86 bits per heavy atom. The summed E-state index contributed by atoms with van der Waals surface area (Å²) in [6.07, 6.45) is 7.96. The predicted molar refractivity (Wildman–Crippen MR) is 57.8 cm³/mol. The molecule has 1 rings (SSSR count). The van der Waals surface area contributed by atoms with Gasteiger partial charge < -0.3 is 11.1 Å². The molecule has 0 aliphatic heterocycles. The van der Waals surface area contributed by atoms with Crippen molar-refractivity contribution >= 4 is 5.91 Å². The Balaban J connectivity index is 2.44. The van der Waals surface area contributed by atoms with Crippen LogP contribution in [-0.2, 0) is 4.79 Å². The van der Waals surface area contributed by atoms with Crippen LogP contribution in [0.15, 0.2) is 12.2 Å². The zero-order chi connectivity index (χ0) is 10.6. The van der Waals surface area contributed by atoms with E-state index in [-0.39, 0.29) is 11.9 Å². The molecule has 0 aromatic rings. The maximum absolute atomic E-state index is 11.7. The van der Waals surface area contributed by atoms with Gasteiger partial charge in [0.1, 0.15) is 0 Å². The number of carbonyl (C=O) groups is 1. The highest BCUT2D eigenvalue weighted by Gasteiger charge is 2.27. The quantitative estimate of drug-likeness (QED) is 0.669.